The highest BCUT2D eigenvalue weighted by molar-refractivity contribution is 5.95. The van der Waals surface area contributed by atoms with Crippen LogP contribution in [-0.4, -0.2) is 5.91 Å². The Balaban J connectivity index is 2.26. The Hall–Kier alpha value is -2.36. The zero-order valence-electron chi connectivity index (χ0n) is 11.5. The van der Waals surface area contributed by atoms with Gasteiger partial charge >= 0.3 is 0 Å². The Morgan fingerprint density at radius 3 is 2.60 bits per heavy atom. The minimum atomic E-state index is -0.454. The van der Waals surface area contributed by atoms with Crippen molar-refractivity contribution in [2.24, 2.45) is 5.73 Å². The van der Waals surface area contributed by atoms with E-state index in [2.05, 4.69) is 5.32 Å². The van der Waals surface area contributed by atoms with Gasteiger partial charge in [-0.15, -0.1) is 0 Å². The van der Waals surface area contributed by atoms with Crippen LogP contribution in [-0.2, 0) is 0 Å². The molecule has 0 spiro atoms. The molecular weight excluding hydrogens is 255 g/mol. The molecule has 104 valence electrons. The van der Waals surface area contributed by atoms with Gasteiger partial charge in [-0.25, -0.2) is 4.39 Å². The largest absolute Gasteiger partial charge is 0.378 e. The summed E-state index contributed by atoms with van der Waals surface area (Å²) in [6.07, 6.45) is 0. The average molecular weight is 272 g/mol. The van der Waals surface area contributed by atoms with Crippen molar-refractivity contribution >= 4 is 11.6 Å². The predicted molar refractivity (Wildman–Crippen MR) is 78.1 cm³/mol. The van der Waals surface area contributed by atoms with Gasteiger partial charge in [0.2, 0.25) is 5.91 Å². The summed E-state index contributed by atoms with van der Waals surface area (Å²) in [5.41, 5.74) is 8.27. The number of nitrogens with two attached hydrogens (primary N) is 1. The van der Waals surface area contributed by atoms with E-state index in [1.807, 2.05) is 26.0 Å². The highest BCUT2D eigenvalue weighted by Crippen LogP contribution is 2.24. The van der Waals surface area contributed by atoms with Gasteiger partial charge in [-0.2, -0.15) is 0 Å². The van der Waals surface area contributed by atoms with Crippen molar-refractivity contribution in [3.05, 3.63) is 65.0 Å². The lowest BCUT2D eigenvalue weighted by atomic mass is 10.0. The summed E-state index contributed by atoms with van der Waals surface area (Å²) in [6, 6.07) is 11.7. The third kappa shape index (κ3) is 2.96. The van der Waals surface area contributed by atoms with Crippen molar-refractivity contribution in [1.82, 2.24) is 0 Å². The minimum Gasteiger partial charge on any atom is -0.378 e. The van der Waals surface area contributed by atoms with Crippen molar-refractivity contribution in [1.29, 1.82) is 0 Å². The fourth-order valence-corrected chi connectivity index (χ4v) is 2.15. The molecule has 1 amide bonds. The van der Waals surface area contributed by atoms with Crippen molar-refractivity contribution in [3.63, 3.8) is 0 Å². The van der Waals surface area contributed by atoms with Gasteiger partial charge in [-0.1, -0.05) is 18.2 Å². The maximum Gasteiger partial charge on any atom is 0.249 e. The highest BCUT2D eigenvalue weighted by Gasteiger charge is 2.11. The molecule has 0 heterocycles. The molecule has 1 atom stereocenters. The number of hydrogen-bond acceptors (Lipinski definition) is 2. The Bertz CT molecular complexity index is 640. The van der Waals surface area contributed by atoms with Gasteiger partial charge in [0.15, 0.2) is 0 Å². The van der Waals surface area contributed by atoms with E-state index in [0.717, 1.165) is 16.8 Å². The van der Waals surface area contributed by atoms with Crippen molar-refractivity contribution < 1.29 is 9.18 Å². The number of amides is 1. The fourth-order valence-electron chi connectivity index (χ4n) is 2.15. The van der Waals surface area contributed by atoms with Gasteiger partial charge in [0.25, 0.3) is 0 Å². The summed E-state index contributed by atoms with van der Waals surface area (Å²) in [4.78, 5) is 11.3. The van der Waals surface area contributed by atoms with Gasteiger partial charge < -0.3 is 11.1 Å². The van der Waals surface area contributed by atoms with Crippen LogP contribution < -0.4 is 11.1 Å². The van der Waals surface area contributed by atoms with Gasteiger partial charge in [0.1, 0.15) is 5.82 Å². The Morgan fingerprint density at radius 2 is 1.95 bits per heavy atom. The van der Waals surface area contributed by atoms with E-state index in [9.17, 15) is 9.18 Å². The first-order valence-corrected chi connectivity index (χ1v) is 6.40. The minimum absolute atomic E-state index is 0.0764. The monoisotopic (exact) mass is 272 g/mol. The standard InChI is InChI=1S/C16H17FN2O/c1-10-14(16(18)20)7-4-8-15(10)19-11(2)12-5-3-6-13(17)9-12/h3-9,11,19H,1-2H3,(H2,18,20). The number of hydrogen-bond donors (Lipinski definition) is 2. The molecule has 0 aliphatic heterocycles. The van der Waals surface area contributed by atoms with Crippen molar-refractivity contribution in [2.45, 2.75) is 19.9 Å². The molecule has 0 fully saturated rings. The number of benzene rings is 2. The van der Waals surface area contributed by atoms with E-state index in [-0.39, 0.29) is 11.9 Å². The van der Waals surface area contributed by atoms with Crippen LogP contribution in [0, 0.1) is 12.7 Å². The normalized spacial score (nSPS) is 11.9. The first kappa shape index (κ1) is 14.1. The zero-order chi connectivity index (χ0) is 14.7. The molecular formula is C16H17FN2O. The van der Waals surface area contributed by atoms with Crippen molar-refractivity contribution in [2.75, 3.05) is 5.32 Å². The van der Waals surface area contributed by atoms with Crippen LogP contribution in [0.3, 0.4) is 0 Å². The van der Waals surface area contributed by atoms with Crippen LogP contribution in [0.2, 0.25) is 0 Å². The zero-order valence-corrected chi connectivity index (χ0v) is 11.5. The molecule has 3 N–H and O–H groups in total. The second kappa shape index (κ2) is 5.74. The number of carbonyl (C=O) groups excluding carboxylic acids is 1. The first-order chi connectivity index (χ1) is 9.49. The maximum atomic E-state index is 13.2. The second-order valence-electron chi connectivity index (χ2n) is 4.76. The number of anilines is 1. The molecule has 0 aliphatic rings. The molecule has 0 saturated heterocycles. The molecule has 20 heavy (non-hydrogen) atoms. The van der Waals surface area contributed by atoms with Crippen LogP contribution in [0.5, 0.6) is 0 Å². The van der Waals surface area contributed by atoms with E-state index in [0.29, 0.717) is 5.56 Å². The van der Waals surface area contributed by atoms with Crippen molar-refractivity contribution in [3.8, 4) is 0 Å². The summed E-state index contributed by atoms with van der Waals surface area (Å²) in [5, 5.41) is 3.27. The Kier molecular flexibility index (Phi) is 4.03. The summed E-state index contributed by atoms with van der Waals surface area (Å²) in [6.45, 7) is 3.77. The van der Waals surface area contributed by atoms with Gasteiger partial charge in [0.05, 0.1) is 0 Å². The van der Waals surface area contributed by atoms with Crippen LogP contribution in [0.25, 0.3) is 0 Å². The van der Waals surface area contributed by atoms with Crippen LogP contribution in [0.15, 0.2) is 42.5 Å². The van der Waals surface area contributed by atoms with Gasteiger partial charge in [-0.05, 0) is 49.2 Å². The van der Waals surface area contributed by atoms with Gasteiger partial charge in [-0.3, -0.25) is 4.79 Å². The SMILES string of the molecule is Cc1c(NC(C)c2cccc(F)c2)cccc1C(N)=O. The van der Waals surface area contributed by atoms with E-state index in [4.69, 9.17) is 5.73 Å². The number of rotatable bonds is 4. The third-order valence-corrected chi connectivity index (χ3v) is 3.32. The van der Waals surface area contributed by atoms with E-state index in [1.165, 1.54) is 12.1 Å². The van der Waals surface area contributed by atoms with Gasteiger partial charge in [0, 0.05) is 17.3 Å². The summed E-state index contributed by atoms with van der Waals surface area (Å²) < 4.78 is 13.2. The quantitative estimate of drug-likeness (QED) is 0.896. The molecule has 0 radical (unpaired) electrons. The molecule has 0 aliphatic carbocycles. The van der Waals surface area contributed by atoms with Crippen LogP contribution >= 0.6 is 0 Å². The second-order valence-corrected chi connectivity index (χ2v) is 4.76. The van der Waals surface area contributed by atoms with Crippen LogP contribution in [0.1, 0.15) is 34.5 Å². The predicted octanol–water partition coefficient (Wildman–Crippen LogP) is 3.41. The lowest BCUT2D eigenvalue weighted by Gasteiger charge is -2.18. The number of carbonyl (C=O) groups is 1. The molecule has 2 rings (SSSR count). The molecule has 4 heteroatoms. The molecule has 2 aromatic carbocycles. The van der Waals surface area contributed by atoms with E-state index >= 15 is 0 Å². The first-order valence-electron chi connectivity index (χ1n) is 6.40. The number of primary amides is 1. The Labute approximate surface area is 117 Å². The number of nitrogens with one attached hydrogen (secondary N) is 1. The molecule has 0 saturated carbocycles. The van der Waals surface area contributed by atoms with E-state index < -0.39 is 5.91 Å². The molecule has 0 bridgehead atoms. The highest BCUT2D eigenvalue weighted by atomic mass is 19.1. The smallest absolute Gasteiger partial charge is 0.249 e. The third-order valence-electron chi connectivity index (χ3n) is 3.32. The summed E-state index contributed by atoms with van der Waals surface area (Å²) in [7, 11) is 0. The average Bonchev–Trinajstić information content (AvgIpc) is 2.40. The lowest BCUT2D eigenvalue weighted by molar-refractivity contribution is 0.1000. The van der Waals surface area contributed by atoms with Crippen LogP contribution in [0.4, 0.5) is 10.1 Å². The fraction of sp³-hybridized carbons (Fsp3) is 0.188. The molecule has 1 unspecified atom stereocenters. The summed E-state index contributed by atoms with van der Waals surface area (Å²) >= 11 is 0. The summed E-state index contributed by atoms with van der Waals surface area (Å²) in [5.74, 6) is -0.719. The molecule has 0 aromatic heterocycles. The lowest BCUT2D eigenvalue weighted by Crippen LogP contribution is -2.15. The maximum absolute atomic E-state index is 13.2. The number of halogens is 1. The topological polar surface area (TPSA) is 55.1 Å². The molecule has 3 nitrogen and oxygen atoms in total. The van der Waals surface area contributed by atoms with E-state index in [1.54, 1.807) is 18.2 Å². The Morgan fingerprint density at radius 1 is 1.25 bits per heavy atom. The molecule has 2 aromatic rings.